The van der Waals surface area contributed by atoms with Crippen LogP contribution in [-0.4, -0.2) is 36.2 Å². The lowest BCUT2D eigenvalue weighted by atomic mass is 10.2. The summed E-state index contributed by atoms with van der Waals surface area (Å²) >= 11 is 7.22. The molecule has 1 fully saturated rings. The lowest BCUT2D eigenvalue weighted by Crippen LogP contribution is -2.19. The van der Waals surface area contributed by atoms with E-state index in [-0.39, 0.29) is 18.3 Å². The molecule has 0 bridgehead atoms. The first kappa shape index (κ1) is 20.7. The number of hydrogen-bond donors (Lipinski definition) is 1. The van der Waals surface area contributed by atoms with E-state index in [1.807, 2.05) is 22.4 Å². The van der Waals surface area contributed by atoms with E-state index >= 15 is 0 Å². The average Bonchev–Trinajstić information content (AvgIpc) is 3.48. The Morgan fingerprint density at radius 2 is 2.00 bits per heavy atom. The number of benzene rings is 1. The number of nitrogens with one attached hydrogen (secondary N) is 1. The first-order valence-electron chi connectivity index (χ1n) is 9.83. The summed E-state index contributed by atoms with van der Waals surface area (Å²) in [5.74, 6) is 2.27. The van der Waals surface area contributed by atoms with E-state index in [0.29, 0.717) is 27.8 Å². The van der Waals surface area contributed by atoms with Gasteiger partial charge in [0, 0.05) is 18.1 Å². The van der Waals surface area contributed by atoms with Crippen LogP contribution >= 0.6 is 23.4 Å². The molecule has 2 heterocycles. The molecule has 1 N–H and O–H groups in total. The standard InChI is InChI=1S/C20H23ClN6O2S/c1-26-18(12-29-16-8-6-14(21)7-9-16)24-25-20(26)30-13-19(28)23-17-10-11-22-27(17)15-4-2-3-5-15/h6-11,15H,2-5,12-13H2,1H3,(H,23,28). The molecule has 3 aromatic rings. The minimum absolute atomic E-state index is 0.0956. The molecule has 0 atom stereocenters. The Kier molecular flexibility index (Phi) is 6.59. The smallest absolute Gasteiger partial charge is 0.235 e. The molecule has 2 aromatic heterocycles. The second kappa shape index (κ2) is 9.53. The van der Waals surface area contributed by atoms with Gasteiger partial charge >= 0.3 is 0 Å². The summed E-state index contributed by atoms with van der Waals surface area (Å²) in [4.78, 5) is 12.4. The van der Waals surface area contributed by atoms with E-state index in [4.69, 9.17) is 16.3 Å². The highest BCUT2D eigenvalue weighted by molar-refractivity contribution is 7.99. The fourth-order valence-electron chi connectivity index (χ4n) is 3.44. The van der Waals surface area contributed by atoms with Crippen LogP contribution in [0, 0.1) is 0 Å². The van der Waals surface area contributed by atoms with Crippen molar-refractivity contribution in [2.45, 2.75) is 43.5 Å². The second-order valence-corrected chi connectivity index (χ2v) is 8.52. The van der Waals surface area contributed by atoms with E-state index in [1.165, 1.54) is 24.6 Å². The third-order valence-corrected chi connectivity index (χ3v) is 6.32. The zero-order valence-electron chi connectivity index (χ0n) is 16.6. The third-order valence-electron chi connectivity index (χ3n) is 5.05. The summed E-state index contributed by atoms with van der Waals surface area (Å²) in [6.07, 6.45) is 6.38. The minimum atomic E-state index is -0.0956. The Labute approximate surface area is 184 Å². The number of aromatic nitrogens is 5. The Morgan fingerprint density at radius 3 is 2.77 bits per heavy atom. The monoisotopic (exact) mass is 446 g/mol. The number of thioether (sulfide) groups is 1. The van der Waals surface area contributed by atoms with Crippen molar-refractivity contribution in [2.24, 2.45) is 7.05 Å². The van der Waals surface area contributed by atoms with Crippen molar-refractivity contribution in [3.63, 3.8) is 0 Å². The predicted molar refractivity (Wildman–Crippen MR) is 116 cm³/mol. The summed E-state index contributed by atoms with van der Waals surface area (Å²) in [5.41, 5.74) is 0. The van der Waals surface area contributed by atoms with Gasteiger partial charge in [-0.15, -0.1) is 10.2 Å². The number of ether oxygens (including phenoxy) is 1. The number of rotatable bonds is 8. The second-order valence-electron chi connectivity index (χ2n) is 7.14. The normalized spacial score (nSPS) is 14.2. The first-order valence-corrected chi connectivity index (χ1v) is 11.2. The van der Waals surface area contributed by atoms with Gasteiger partial charge < -0.3 is 14.6 Å². The topological polar surface area (TPSA) is 86.9 Å². The molecule has 8 nitrogen and oxygen atoms in total. The number of nitrogens with zero attached hydrogens (tertiary/aromatic N) is 5. The molecule has 1 saturated carbocycles. The molecule has 30 heavy (non-hydrogen) atoms. The van der Waals surface area contributed by atoms with Gasteiger partial charge in [-0.3, -0.25) is 4.79 Å². The van der Waals surface area contributed by atoms with Crippen molar-refractivity contribution in [1.29, 1.82) is 0 Å². The molecule has 1 amide bonds. The van der Waals surface area contributed by atoms with Crippen LogP contribution in [0.4, 0.5) is 5.82 Å². The van der Waals surface area contributed by atoms with Gasteiger partial charge in [-0.05, 0) is 37.1 Å². The molecule has 0 unspecified atom stereocenters. The van der Waals surface area contributed by atoms with Crippen molar-refractivity contribution in [3.8, 4) is 5.75 Å². The Bertz CT molecular complexity index is 997. The van der Waals surface area contributed by atoms with Crippen LogP contribution in [0.1, 0.15) is 37.5 Å². The highest BCUT2D eigenvalue weighted by atomic mass is 35.5. The van der Waals surface area contributed by atoms with Gasteiger partial charge in [0.15, 0.2) is 11.0 Å². The number of halogens is 1. The van der Waals surface area contributed by atoms with Gasteiger partial charge in [0.25, 0.3) is 0 Å². The summed E-state index contributed by atoms with van der Waals surface area (Å²) in [7, 11) is 1.86. The fourth-order valence-corrected chi connectivity index (χ4v) is 4.29. The summed E-state index contributed by atoms with van der Waals surface area (Å²) in [6, 6.07) is 9.36. The van der Waals surface area contributed by atoms with Crippen LogP contribution in [0.15, 0.2) is 41.7 Å². The Morgan fingerprint density at radius 1 is 1.23 bits per heavy atom. The molecule has 10 heteroatoms. The minimum Gasteiger partial charge on any atom is -0.486 e. The maximum Gasteiger partial charge on any atom is 0.235 e. The SMILES string of the molecule is Cn1c(COc2ccc(Cl)cc2)nnc1SCC(=O)Nc1ccnn1C1CCCC1. The number of hydrogen-bond acceptors (Lipinski definition) is 6. The Hall–Kier alpha value is -2.52. The van der Waals surface area contributed by atoms with E-state index < -0.39 is 0 Å². The van der Waals surface area contributed by atoms with Crippen molar-refractivity contribution < 1.29 is 9.53 Å². The molecule has 0 saturated heterocycles. The van der Waals surface area contributed by atoms with Crippen LogP contribution in [0.5, 0.6) is 5.75 Å². The van der Waals surface area contributed by atoms with Gasteiger partial charge in [0.1, 0.15) is 18.2 Å². The van der Waals surface area contributed by atoms with Crippen LogP contribution in [0.2, 0.25) is 5.02 Å². The number of anilines is 1. The maximum atomic E-state index is 12.4. The lowest BCUT2D eigenvalue weighted by molar-refractivity contribution is -0.113. The highest BCUT2D eigenvalue weighted by Gasteiger charge is 2.20. The largest absolute Gasteiger partial charge is 0.486 e. The van der Waals surface area contributed by atoms with Crippen LogP contribution in [0.3, 0.4) is 0 Å². The van der Waals surface area contributed by atoms with Crippen molar-refractivity contribution in [3.05, 3.63) is 47.4 Å². The number of carbonyl (C=O) groups is 1. The Balaban J connectivity index is 1.29. The van der Waals surface area contributed by atoms with Crippen molar-refractivity contribution >= 4 is 35.1 Å². The third kappa shape index (κ3) is 4.96. The average molecular weight is 447 g/mol. The maximum absolute atomic E-state index is 12.4. The van der Waals surface area contributed by atoms with Gasteiger partial charge in [-0.2, -0.15) is 5.10 Å². The molecular formula is C20H23ClN6O2S. The van der Waals surface area contributed by atoms with Crippen LogP contribution < -0.4 is 10.1 Å². The summed E-state index contributed by atoms with van der Waals surface area (Å²) in [5, 5.41) is 17.0. The molecule has 4 rings (SSSR count). The fraction of sp³-hybridized carbons (Fsp3) is 0.400. The molecule has 0 spiro atoms. The van der Waals surface area contributed by atoms with Crippen LogP contribution in [0.25, 0.3) is 0 Å². The molecule has 158 valence electrons. The molecular weight excluding hydrogens is 424 g/mol. The summed E-state index contributed by atoms with van der Waals surface area (Å²) < 4.78 is 9.48. The molecule has 1 aliphatic rings. The molecule has 1 aromatic carbocycles. The van der Waals surface area contributed by atoms with E-state index in [0.717, 1.165) is 18.7 Å². The van der Waals surface area contributed by atoms with Gasteiger partial charge in [-0.1, -0.05) is 36.2 Å². The quantitative estimate of drug-likeness (QED) is 0.524. The molecule has 0 aliphatic heterocycles. The highest BCUT2D eigenvalue weighted by Crippen LogP contribution is 2.31. The van der Waals surface area contributed by atoms with Gasteiger partial charge in [0.2, 0.25) is 5.91 Å². The summed E-state index contributed by atoms with van der Waals surface area (Å²) in [6.45, 7) is 0.276. The first-order chi connectivity index (χ1) is 14.6. The molecule has 0 radical (unpaired) electrons. The van der Waals surface area contributed by atoms with E-state index in [2.05, 4.69) is 20.6 Å². The van der Waals surface area contributed by atoms with Crippen molar-refractivity contribution in [1.82, 2.24) is 24.5 Å². The molecule has 1 aliphatic carbocycles. The number of amides is 1. The van der Waals surface area contributed by atoms with E-state index in [9.17, 15) is 4.79 Å². The van der Waals surface area contributed by atoms with Gasteiger partial charge in [0.05, 0.1) is 18.0 Å². The number of carbonyl (C=O) groups excluding carboxylic acids is 1. The van der Waals surface area contributed by atoms with Crippen molar-refractivity contribution in [2.75, 3.05) is 11.1 Å². The lowest BCUT2D eigenvalue weighted by Gasteiger charge is -2.14. The van der Waals surface area contributed by atoms with Crippen LogP contribution in [-0.2, 0) is 18.4 Å². The van der Waals surface area contributed by atoms with Gasteiger partial charge in [-0.25, -0.2) is 4.68 Å². The predicted octanol–water partition coefficient (Wildman–Crippen LogP) is 4.09. The zero-order chi connectivity index (χ0) is 20.9. The van der Waals surface area contributed by atoms with E-state index in [1.54, 1.807) is 30.5 Å². The zero-order valence-corrected chi connectivity index (χ0v) is 18.2.